The van der Waals surface area contributed by atoms with Crippen LogP contribution in [0.25, 0.3) is 6.08 Å². The van der Waals surface area contributed by atoms with Crippen LogP contribution in [0.3, 0.4) is 0 Å². The van der Waals surface area contributed by atoms with E-state index in [9.17, 15) is 4.79 Å². The number of nitrogen functional groups attached to an aromatic ring is 1. The van der Waals surface area contributed by atoms with Crippen molar-refractivity contribution in [3.63, 3.8) is 0 Å². The molecule has 1 aromatic rings. The molecule has 108 valence electrons. The van der Waals surface area contributed by atoms with Gasteiger partial charge in [0.25, 0.3) is 0 Å². The topological polar surface area (TPSA) is 110 Å². The molecule has 1 fully saturated rings. The van der Waals surface area contributed by atoms with Crippen molar-refractivity contribution in [3.8, 4) is 0 Å². The molecule has 0 unspecified atom stereocenters. The first-order valence-electron chi connectivity index (χ1n) is 6.45. The predicted octanol–water partition coefficient (Wildman–Crippen LogP) is 1.06. The monoisotopic (exact) mass is 278 g/mol. The lowest BCUT2D eigenvalue weighted by Crippen LogP contribution is -2.29. The molecule has 0 bridgehead atoms. The summed E-state index contributed by atoms with van der Waals surface area (Å²) in [4.78, 5) is 18.9. The summed E-state index contributed by atoms with van der Waals surface area (Å²) in [6.45, 7) is 3.18. The summed E-state index contributed by atoms with van der Waals surface area (Å²) in [5.74, 6) is -0.276. The number of hydrogen-bond acceptors (Lipinski definition) is 6. The van der Waals surface area contributed by atoms with E-state index in [-0.39, 0.29) is 12.0 Å². The number of nitrogens with one attached hydrogen (secondary N) is 1. The maximum Gasteiger partial charge on any atom is 0.328 e. The van der Waals surface area contributed by atoms with Crippen molar-refractivity contribution in [1.29, 1.82) is 0 Å². The molecular formula is C13H18N4O3. The zero-order valence-corrected chi connectivity index (χ0v) is 11.3. The first-order valence-corrected chi connectivity index (χ1v) is 6.45. The second-order valence-corrected chi connectivity index (χ2v) is 4.63. The first kappa shape index (κ1) is 14.3. The molecule has 20 heavy (non-hydrogen) atoms. The van der Waals surface area contributed by atoms with E-state index < -0.39 is 5.97 Å². The van der Waals surface area contributed by atoms with Gasteiger partial charge in [0.15, 0.2) is 0 Å². The number of aliphatic carboxylic acids is 1. The van der Waals surface area contributed by atoms with Gasteiger partial charge < -0.3 is 20.9 Å². The van der Waals surface area contributed by atoms with Crippen LogP contribution in [-0.4, -0.2) is 40.3 Å². The van der Waals surface area contributed by atoms with Crippen LogP contribution in [0.5, 0.6) is 0 Å². The highest BCUT2D eigenvalue weighted by Gasteiger charge is 2.17. The van der Waals surface area contributed by atoms with E-state index in [2.05, 4.69) is 15.3 Å². The summed E-state index contributed by atoms with van der Waals surface area (Å²) in [6, 6.07) is 0.245. The lowest BCUT2D eigenvalue weighted by molar-refractivity contribution is -0.131. The molecule has 2 heterocycles. The largest absolute Gasteiger partial charge is 0.478 e. The number of anilines is 2. The van der Waals surface area contributed by atoms with Gasteiger partial charge in [-0.2, -0.15) is 4.98 Å². The lowest BCUT2D eigenvalue weighted by atomic mass is 10.1. The summed E-state index contributed by atoms with van der Waals surface area (Å²) in [6.07, 6.45) is 4.31. The van der Waals surface area contributed by atoms with Crippen LogP contribution in [0.1, 0.15) is 24.1 Å². The van der Waals surface area contributed by atoms with Crippen molar-refractivity contribution in [2.75, 3.05) is 24.3 Å². The van der Waals surface area contributed by atoms with Gasteiger partial charge in [0.2, 0.25) is 5.95 Å². The van der Waals surface area contributed by atoms with Crippen molar-refractivity contribution in [2.45, 2.75) is 25.8 Å². The number of nitrogens with two attached hydrogens (primary N) is 1. The fourth-order valence-corrected chi connectivity index (χ4v) is 2.10. The van der Waals surface area contributed by atoms with Crippen molar-refractivity contribution in [1.82, 2.24) is 9.97 Å². The standard InChI is InChI=1S/C13H18N4O3/c1-8-10(2-3-11(18)19)12(17-13(14)15-8)16-9-4-6-20-7-5-9/h2-3,9H,4-7H2,1H3,(H,18,19)(H3,14,15,16,17)/b3-2+. The van der Waals surface area contributed by atoms with Gasteiger partial charge in [-0.05, 0) is 25.8 Å². The smallest absolute Gasteiger partial charge is 0.328 e. The van der Waals surface area contributed by atoms with E-state index in [1.54, 1.807) is 6.92 Å². The van der Waals surface area contributed by atoms with E-state index in [4.69, 9.17) is 15.6 Å². The van der Waals surface area contributed by atoms with Crippen LogP contribution < -0.4 is 11.1 Å². The summed E-state index contributed by atoms with van der Waals surface area (Å²) < 4.78 is 5.30. The van der Waals surface area contributed by atoms with Crippen molar-refractivity contribution >= 4 is 23.8 Å². The highest BCUT2D eigenvalue weighted by Crippen LogP contribution is 2.22. The number of aromatic nitrogens is 2. The van der Waals surface area contributed by atoms with Crippen LogP contribution in [-0.2, 0) is 9.53 Å². The molecule has 1 aliphatic heterocycles. The summed E-state index contributed by atoms with van der Waals surface area (Å²) >= 11 is 0. The van der Waals surface area contributed by atoms with Gasteiger partial charge in [-0.15, -0.1) is 0 Å². The molecule has 0 aliphatic carbocycles. The predicted molar refractivity (Wildman–Crippen MR) is 75.3 cm³/mol. The normalized spacial score (nSPS) is 16.4. The van der Waals surface area contributed by atoms with Gasteiger partial charge in [0.1, 0.15) is 5.82 Å². The number of hydrogen-bond donors (Lipinski definition) is 3. The van der Waals surface area contributed by atoms with E-state index in [0.29, 0.717) is 30.3 Å². The maximum atomic E-state index is 10.7. The minimum Gasteiger partial charge on any atom is -0.478 e. The molecule has 0 amide bonds. The second-order valence-electron chi connectivity index (χ2n) is 4.63. The zero-order valence-electron chi connectivity index (χ0n) is 11.3. The number of carbonyl (C=O) groups is 1. The highest BCUT2D eigenvalue weighted by atomic mass is 16.5. The van der Waals surface area contributed by atoms with Gasteiger partial charge in [0, 0.05) is 30.9 Å². The van der Waals surface area contributed by atoms with E-state index in [1.165, 1.54) is 6.08 Å². The van der Waals surface area contributed by atoms with Crippen LogP contribution in [0.2, 0.25) is 0 Å². The number of aryl methyl sites for hydroxylation is 1. The molecule has 4 N–H and O–H groups in total. The molecule has 0 spiro atoms. The van der Waals surface area contributed by atoms with E-state index in [1.807, 2.05) is 0 Å². The summed E-state index contributed by atoms with van der Waals surface area (Å²) in [7, 11) is 0. The third-order valence-electron chi connectivity index (χ3n) is 3.11. The second kappa shape index (κ2) is 6.33. The molecule has 0 aromatic carbocycles. The van der Waals surface area contributed by atoms with Crippen LogP contribution in [0.4, 0.5) is 11.8 Å². The number of carboxylic acids is 1. The molecule has 0 radical (unpaired) electrons. The summed E-state index contributed by atoms with van der Waals surface area (Å²) in [5.41, 5.74) is 6.95. The van der Waals surface area contributed by atoms with Crippen LogP contribution >= 0.6 is 0 Å². The molecule has 7 nitrogen and oxygen atoms in total. The Morgan fingerprint density at radius 3 is 2.80 bits per heavy atom. The molecular weight excluding hydrogens is 260 g/mol. The number of carboxylic acid groups (broad SMARTS) is 1. The third-order valence-corrected chi connectivity index (χ3v) is 3.11. The molecule has 1 aromatic heterocycles. The molecule has 0 saturated carbocycles. The van der Waals surface area contributed by atoms with Crippen molar-refractivity contribution < 1.29 is 14.6 Å². The minimum absolute atomic E-state index is 0.171. The fraction of sp³-hybridized carbons (Fsp3) is 0.462. The zero-order chi connectivity index (χ0) is 14.5. The Morgan fingerprint density at radius 2 is 2.15 bits per heavy atom. The van der Waals surface area contributed by atoms with Gasteiger partial charge >= 0.3 is 5.97 Å². The van der Waals surface area contributed by atoms with Crippen molar-refractivity contribution in [2.24, 2.45) is 0 Å². The Labute approximate surface area is 116 Å². The van der Waals surface area contributed by atoms with Crippen LogP contribution in [0, 0.1) is 6.92 Å². The van der Waals surface area contributed by atoms with Gasteiger partial charge in [-0.25, -0.2) is 9.78 Å². The quantitative estimate of drug-likeness (QED) is 0.706. The molecule has 1 aliphatic rings. The highest BCUT2D eigenvalue weighted by molar-refractivity contribution is 5.86. The maximum absolute atomic E-state index is 10.7. The third kappa shape index (κ3) is 3.67. The Hall–Kier alpha value is -2.15. The molecule has 2 rings (SSSR count). The SMILES string of the molecule is Cc1nc(N)nc(NC2CCOCC2)c1/C=C/C(=O)O. The molecule has 0 atom stereocenters. The molecule has 1 saturated heterocycles. The first-order chi connectivity index (χ1) is 9.56. The van der Waals surface area contributed by atoms with Crippen LogP contribution in [0.15, 0.2) is 6.08 Å². The Kier molecular flexibility index (Phi) is 4.52. The number of nitrogens with zero attached hydrogens (tertiary/aromatic N) is 2. The van der Waals surface area contributed by atoms with Crippen molar-refractivity contribution in [3.05, 3.63) is 17.3 Å². The average Bonchev–Trinajstić information content (AvgIpc) is 2.38. The summed E-state index contributed by atoms with van der Waals surface area (Å²) in [5, 5.41) is 12.0. The number of rotatable bonds is 4. The van der Waals surface area contributed by atoms with Gasteiger partial charge in [0.05, 0.1) is 5.69 Å². The molecule has 7 heteroatoms. The lowest BCUT2D eigenvalue weighted by Gasteiger charge is -2.24. The van der Waals surface area contributed by atoms with E-state index >= 15 is 0 Å². The minimum atomic E-state index is -1.02. The Bertz CT molecular complexity index is 525. The van der Waals surface area contributed by atoms with Gasteiger partial charge in [-0.3, -0.25) is 0 Å². The Balaban J connectivity index is 2.26. The van der Waals surface area contributed by atoms with Gasteiger partial charge in [-0.1, -0.05) is 0 Å². The Morgan fingerprint density at radius 1 is 1.45 bits per heavy atom. The average molecular weight is 278 g/mol. The fourth-order valence-electron chi connectivity index (χ4n) is 2.10. The van der Waals surface area contributed by atoms with E-state index in [0.717, 1.165) is 18.9 Å². The number of ether oxygens (including phenoxy) is 1.